The van der Waals surface area contributed by atoms with Crippen molar-refractivity contribution in [2.45, 2.75) is 19.8 Å². The number of hydrogen-bond donors (Lipinski definition) is 1. The summed E-state index contributed by atoms with van der Waals surface area (Å²) in [6.45, 7) is 3.16. The summed E-state index contributed by atoms with van der Waals surface area (Å²) in [6.07, 6.45) is 5.57. The van der Waals surface area contributed by atoms with E-state index in [1.165, 1.54) is 0 Å². The Morgan fingerprint density at radius 3 is 2.34 bits per heavy atom. The van der Waals surface area contributed by atoms with Crippen molar-refractivity contribution < 1.29 is 9.59 Å². The van der Waals surface area contributed by atoms with Gasteiger partial charge in [0.2, 0.25) is 5.91 Å². The lowest BCUT2D eigenvalue weighted by Gasteiger charge is -2.32. The van der Waals surface area contributed by atoms with Crippen LogP contribution in [0.4, 0.5) is 5.69 Å². The molecule has 29 heavy (non-hydrogen) atoms. The molecule has 2 heterocycles. The highest BCUT2D eigenvalue weighted by molar-refractivity contribution is 5.96. The summed E-state index contributed by atoms with van der Waals surface area (Å²) in [4.78, 5) is 27.4. The quantitative estimate of drug-likeness (QED) is 0.727. The number of aryl methyl sites for hydroxylation is 1. The third-order valence-corrected chi connectivity index (χ3v) is 5.42. The van der Waals surface area contributed by atoms with Crippen molar-refractivity contribution in [3.8, 4) is 5.69 Å². The van der Waals surface area contributed by atoms with E-state index in [9.17, 15) is 9.59 Å². The molecular formula is C24H25N3O2. The largest absolute Gasteiger partial charge is 0.338 e. The fourth-order valence-electron chi connectivity index (χ4n) is 3.72. The number of piperidine rings is 1. The molecule has 1 aromatic heterocycles. The first-order valence-electron chi connectivity index (χ1n) is 10.0. The summed E-state index contributed by atoms with van der Waals surface area (Å²) in [7, 11) is 0. The van der Waals surface area contributed by atoms with Crippen LogP contribution in [-0.4, -0.2) is 34.4 Å². The maximum atomic E-state index is 12.9. The van der Waals surface area contributed by atoms with Gasteiger partial charge in [0, 0.05) is 42.4 Å². The summed E-state index contributed by atoms with van der Waals surface area (Å²) in [5, 5.41) is 2.98. The van der Waals surface area contributed by atoms with E-state index in [-0.39, 0.29) is 17.7 Å². The van der Waals surface area contributed by atoms with Gasteiger partial charge in [0.05, 0.1) is 5.92 Å². The van der Waals surface area contributed by atoms with Crippen LogP contribution < -0.4 is 5.32 Å². The van der Waals surface area contributed by atoms with Gasteiger partial charge in [0.15, 0.2) is 0 Å². The van der Waals surface area contributed by atoms with Gasteiger partial charge in [-0.05, 0) is 68.3 Å². The minimum absolute atomic E-state index is 0.0168. The second kappa shape index (κ2) is 8.35. The van der Waals surface area contributed by atoms with Crippen LogP contribution in [0.2, 0.25) is 0 Å². The maximum Gasteiger partial charge on any atom is 0.253 e. The van der Waals surface area contributed by atoms with Gasteiger partial charge in [-0.3, -0.25) is 9.59 Å². The van der Waals surface area contributed by atoms with Crippen molar-refractivity contribution in [2.75, 3.05) is 18.4 Å². The van der Waals surface area contributed by atoms with E-state index in [0.29, 0.717) is 18.7 Å². The second-order valence-corrected chi connectivity index (χ2v) is 7.58. The molecule has 3 aromatic rings. The molecule has 5 nitrogen and oxygen atoms in total. The van der Waals surface area contributed by atoms with E-state index in [0.717, 1.165) is 29.8 Å². The van der Waals surface area contributed by atoms with Crippen LogP contribution in [0.25, 0.3) is 5.69 Å². The Hall–Kier alpha value is -3.34. The van der Waals surface area contributed by atoms with Crippen LogP contribution in [0.1, 0.15) is 28.8 Å². The molecule has 0 bridgehead atoms. The molecule has 1 fully saturated rings. The molecule has 1 aliphatic rings. The van der Waals surface area contributed by atoms with Gasteiger partial charge in [-0.25, -0.2) is 0 Å². The van der Waals surface area contributed by atoms with Gasteiger partial charge in [0.1, 0.15) is 0 Å². The average Bonchev–Trinajstić information content (AvgIpc) is 3.30. The lowest BCUT2D eigenvalue weighted by Crippen LogP contribution is -2.43. The van der Waals surface area contributed by atoms with Gasteiger partial charge >= 0.3 is 0 Å². The van der Waals surface area contributed by atoms with Crippen molar-refractivity contribution in [2.24, 2.45) is 5.92 Å². The number of benzene rings is 2. The van der Waals surface area contributed by atoms with Crippen LogP contribution in [0.5, 0.6) is 0 Å². The molecule has 0 radical (unpaired) electrons. The zero-order valence-corrected chi connectivity index (χ0v) is 16.5. The van der Waals surface area contributed by atoms with E-state index in [1.807, 2.05) is 84.5 Å². The smallest absolute Gasteiger partial charge is 0.253 e. The zero-order chi connectivity index (χ0) is 20.2. The van der Waals surface area contributed by atoms with Gasteiger partial charge in [-0.2, -0.15) is 0 Å². The molecule has 1 saturated heterocycles. The van der Waals surface area contributed by atoms with Crippen LogP contribution in [-0.2, 0) is 4.79 Å². The predicted molar refractivity (Wildman–Crippen MR) is 114 cm³/mol. The van der Waals surface area contributed by atoms with E-state index in [2.05, 4.69) is 5.32 Å². The average molecular weight is 387 g/mol. The zero-order valence-electron chi connectivity index (χ0n) is 16.5. The number of amides is 2. The Labute approximate surface area is 171 Å². The van der Waals surface area contributed by atoms with Crippen LogP contribution in [0.15, 0.2) is 73.1 Å². The first kappa shape index (κ1) is 19.0. The lowest BCUT2D eigenvalue weighted by atomic mass is 9.96. The summed E-state index contributed by atoms with van der Waals surface area (Å²) in [5.74, 6) is -0.223. The summed E-state index contributed by atoms with van der Waals surface area (Å²) in [5.41, 5.74) is 3.62. The number of carbonyl (C=O) groups is 2. The Morgan fingerprint density at radius 2 is 1.66 bits per heavy atom. The number of rotatable bonds is 4. The third kappa shape index (κ3) is 4.40. The van der Waals surface area contributed by atoms with Crippen molar-refractivity contribution in [3.63, 3.8) is 0 Å². The van der Waals surface area contributed by atoms with E-state index >= 15 is 0 Å². The monoisotopic (exact) mass is 387 g/mol. The molecule has 2 amide bonds. The number of likely N-dealkylation sites (tertiary alicyclic amines) is 1. The van der Waals surface area contributed by atoms with E-state index in [1.54, 1.807) is 4.90 Å². The summed E-state index contributed by atoms with van der Waals surface area (Å²) in [6, 6.07) is 19.3. The Bertz CT molecular complexity index is 976. The van der Waals surface area contributed by atoms with Gasteiger partial charge in [0.25, 0.3) is 5.91 Å². The first-order valence-corrected chi connectivity index (χ1v) is 10.0. The molecule has 0 aliphatic carbocycles. The lowest BCUT2D eigenvalue weighted by molar-refractivity contribution is -0.121. The van der Waals surface area contributed by atoms with E-state index < -0.39 is 0 Å². The highest BCUT2D eigenvalue weighted by Gasteiger charge is 2.29. The number of anilines is 1. The minimum atomic E-state index is -0.187. The fraction of sp³-hybridized carbons (Fsp3) is 0.250. The summed E-state index contributed by atoms with van der Waals surface area (Å²) >= 11 is 0. The third-order valence-electron chi connectivity index (χ3n) is 5.42. The van der Waals surface area contributed by atoms with Gasteiger partial charge < -0.3 is 14.8 Å². The normalized spacial score (nSPS) is 16.4. The van der Waals surface area contributed by atoms with Crippen LogP contribution in [0, 0.1) is 12.8 Å². The maximum absolute atomic E-state index is 12.9. The molecule has 0 saturated carbocycles. The van der Waals surface area contributed by atoms with Crippen LogP contribution >= 0.6 is 0 Å². The molecule has 0 spiro atoms. The molecule has 1 unspecified atom stereocenters. The summed E-state index contributed by atoms with van der Waals surface area (Å²) < 4.78 is 2.00. The number of hydrogen-bond acceptors (Lipinski definition) is 2. The van der Waals surface area contributed by atoms with E-state index in [4.69, 9.17) is 0 Å². The van der Waals surface area contributed by atoms with Crippen molar-refractivity contribution in [1.29, 1.82) is 0 Å². The Kier molecular flexibility index (Phi) is 5.47. The standard InChI is InChI=1S/C24H25N3O2/c1-18-6-10-21(11-7-18)25-23(28)20-5-4-16-27(17-20)24(29)19-8-12-22(13-9-19)26-14-2-3-15-26/h2-3,6-15,20H,4-5,16-17H2,1H3,(H,25,28). The molecule has 2 aromatic carbocycles. The fourth-order valence-corrected chi connectivity index (χ4v) is 3.72. The highest BCUT2D eigenvalue weighted by atomic mass is 16.2. The molecule has 5 heteroatoms. The second-order valence-electron chi connectivity index (χ2n) is 7.58. The van der Waals surface area contributed by atoms with Crippen LogP contribution in [0.3, 0.4) is 0 Å². The number of nitrogens with one attached hydrogen (secondary N) is 1. The Morgan fingerprint density at radius 1 is 0.966 bits per heavy atom. The van der Waals surface area contributed by atoms with Gasteiger partial charge in [-0.1, -0.05) is 17.7 Å². The van der Waals surface area contributed by atoms with Crippen molar-refractivity contribution in [3.05, 3.63) is 84.2 Å². The predicted octanol–water partition coefficient (Wildman–Crippen LogP) is 4.28. The minimum Gasteiger partial charge on any atom is -0.338 e. The van der Waals surface area contributed by atoms with Gasteiger partial charge in [-0.15, -0.1) is 0 Å². The molecule has 1 N–H and O–H groups in total. The topological polar surface area (TPSA) is 54.3 Å². The van der Waals surface area contributed by atoms with Crippen molar-refractivity contribution >= 4 is 17.5 Å². The molecule has 1 aliphatic heterocycles. The SMILES string of the molecule is Cc1ccc(NC(=O)C2CCCN(C(=O)c3ccc(-n4cccc4)cc3)C2)cc1. The Balaban J connectivity index is 1.40. The molecule has 148 valence electrons. The molecule has 4 rings (SSSR count). The number of carbonyl (C=O) groups excluding carboxylic acids is 2. The first-order chi connectivity index (χ1) is 14.1. The van der Waals surface area contributed by atoms with Crippen molar-refractivity contribution in [1.82, 2.24) is 9.47 Å². The number of nitrogens with zero attached hydrogens (tertiary/aromatic N) is 2. The number of aromatic nitrogens is 1. The molecular weight excluding hydrogens is 362 g/mol. The molecule has 1 atom stereocenters. The highest BCUT2D eigenvalue weighted by Crippen LogP contribution is 2.21.